The van der Waals surface area contributed by atoms with E-state index in [1.165, 1.54) is 25.7 Å². The van der Waals surface area contributed by atoms with Crippen molar-refractivity contribution >= 4 is 5.91 Å². The summed E-state index contributed by atoms with van der Waals surface area (Å²) >= 11 is 0. The van der Waals surface area contributed by atoms with E-state index in [-0.39, 0.29) is 5.69 Å². The number of nitrogens with one attached hydrogen (secondary N) is 1. The molecule has 6 nitrogen and oxygen atoms in total. The van der Waals surface area contributed by atoms with Gasteiger partial charge in [0.2, 0.25) is 0 Å². The summed E-state index contributed by atoms with van der Waals surface area (Å²) in [5, 5.41) is 3.70. The molecule has 3 N–H and O–H groups in total. The molecule has 106 valence electrons. The lowest BCUT2D eigenvalue weighted by molar-refractivity contribution is 0.0944. The predicted molar refractivity (Wildman–Crippen MR) is 71.0 cm³/mol. The molecule has 0 unspecified atom stereocenters. The van der Waals surface area contributed by atoms with Crippen molar-refractivity contribution in [1.82, 2.24) is 15.5 Å². The number of rotatable bonds is 4. The standard InChI is InChI=1S/C13H22N4O2/c1-9-3-5-10(6-4-9)17(2)8-11-7-12(16-19-11)13(18)15-14/h7,9-10H,3-6,8,14H2,1-2H3,(H,15,18). The van der Waals surface area contributed by atoms with Crippen LogP contribution in [0.15, 0.2) is 10.6 Å². The highest BCUT2D eigenvalue weighted by Crippen LogP contribution is 2.27. The Hall–Kier alpha value is -1.40. The highest BCUT2D eigenvalue weighted by molar-refractivity contribution is 5.91. The van der Waals surface area contributed by atoms with Gasteiger partial charge >= 0.3 is 0 Å². The monoisotopic (exact) mass is 266 g/mol. The van der Waals surface area contributed by atoms with Crippen molar-refractivity contribution in [3.05, 3.63) is 17.5 Å². The van der Waals surface area contributed by atoms with Crippen LogP contribution in [0.1, 0.15) is 48.9 Å². The van der Waals surface area contributed by atoms with Gasteiger partial charge in [0.1, 0.15) is 0 Å². The molecule has 0 atom stereocenters. The van der Waals surface area contributed by atoms with Crippen LogP contribution in [0.4, 0.5) is 0 Å². The Kier molecular flexibility index (Phi) is 4.55. The first kappa shape index (κ1) is 14.0. The Morgan fingerprint density at radius 2 is 2.21 bits per heavy atom. The van der Waals surface area contributed by atoms with Crippen molar-refractivity contribution in [2.24, 2.45) is 11.8 Å². The molecule has 0 aromatic carbocycles. The molecule has 0 saturated heterocycles. The van der Waals surface area contributed by atoms with Gasteiger partial charge in [0.05, 0.1) is 6.54 Å². The van der Waals surface area contributed by atoms with E-state index in [4.69, 9.17) is 10.4 Å². The smallest absolute Gasteiger partial charge is 0.287 e. The summed E-state index contributed by atoms with van der Waals surface area (Å²) in [5.41, 5.74) is 2.27. The number of nitrogen functional groups attached to an aromatic ring is 1. The first-order valence-corrected chi connectivity index (χ1v) is 6.77. The van der Waals surface area contributed by atoms with Gasteiger partial charge in [-0.3, -0.25) is 15.1 Å². The maximum Gasteiger partial charge on any atom is 0.287 e. The highest BCUT2D eigenvalue weighted by Gasteiger charge is 2.23. The Morgan fingerprint density at radius 1 is 1.53 bits per heavy atom. The third kappa shape index (κ3) is 3.54. The molecule has 2 rings (SSSR count). The van der Waals surface area contributed by atoms with Crippen LogP contribution in [-0.4, -0.2) is 29.1 Å². The second-order valence-electron chi connectivity index (χ2n) is 5.48. The van der Waals surface area contributed by atoms with Gasteiger partial charge in [-0.2, -0.15) is 0 Å². The van der Waals surface area contributed by atoms with Crippen LogP contribution in [0.3, 0.4) is 0 Å². The van der Waals surface area contributed by atoms with Gasteiger partial charge in [0, 0.05) is 12.1 Å². The summed E-state index contributed by atoms with van der Waals surface area (Å²) < 4.78 is 5.16. The van der Waals surface area contributed by atoms with E-state index in [0.29, 0.717) is 18.3 Å². The first-order chi connectivity index (χ1) is 9.10. The number of nitrogens with zero attached hydrogens (tertiary/aromatic N) is 2. The number of aromatic nitrogens is 1. The minimum Gasteiger partial charge on any atom is -0.359 e. The molecule has 1 saturated carbocycles. The van der Waals surface area contributed by atoms with E-state index in [1.807, 2.05) is 5.43 Å². The molecule has 1 aromatic rings. The molecule has 0 aliphatic heterocycles. The van der Waals surface area contributed by atoms with Crippen LogP contribution in [-0.2, 0) is 6.54 Å². The first-order valence-electron chi connectivity index (χ1n) is 6.77. The fourth-order valence-electron chi connectivity index (χ4n) is 2.63. The number of nitrogens with two attached hydrogens (primary N) is 1. The molecule has 0 radical (unpaired) electrons. The Morgan fingerprint density at radius 3 is 2.84 bits per heavy atom. The van der Waals surface area contributed by atoms with Gasteiger partial charge in [0.15, 0.2) is 11.5 Å². The number of hydrogen-bond donors (Lipinski definition) is 2. The van der Waals surface area contributed by atoms with Gasteiger partial charge < -0.3 is 4.52 Å². The molecule has 1 aromatic heterocycles. The molecule has 0 bridgehead atoms. The number of carbonyl (C=O) groups is 1. The Balaban J connectivity index is 1.89. The zero-order valence-corrected chi connectivity index (χ0v) is 11.6. The Bertz CT molecular complexity index is 424. The minimum atomic E-state index is -0.427. The largest absolute Gasteiger partial charge is 0.359 e. The lowest BCUT2D eigenvalue weighted by Gasteiger charge is -2.32. The average molecular weight is 266 g/mol. The van der Waals surface area contributed by atoms with E-state index in [0.717, 1.165) is 5.92 Å². The molecule has 1 amide bonds. The fraction of sp³-hybridized carbons (Fsp3) is 0.692. The van der Waals surface area contributed by atoms with Crippen LogP contribution in [0, 0.1) is 5.92 Å². The van der Waals surface area contributed by atoms with Gasteiger partial charge in [-0.25, -0.2) is 5.84 Å². The fourth-order valence-corrected chi connectivity index (χ4v) is 2.63. The summed E-state index contributed by atoms with van der Waals surface area (Å²) in [6, 6.07) is 2.23. The summed E-state index contributed by atoms with van der Waals surface area (Å²) in [6.07, 6.45) is 5.02. The molecule has 1 aliphatic rings. The maximum atomic E-state index is 11.3. The third-order valence-electron chi connectivity index (χ3n) is 3.94. The maximum absolute atomic E-state index is 11.3. The van der Waals surface area contributed by atoms with Crippen molar-refractivity contribution in [2.75, 3.05) is 7.05 Å². The SMILES string of the molecule is CC1CCC(N(C)Cc2cc(C(=O)NN)no2)CC1. The van der Waals surface area contributed by atoms with Crippen molar-refractivity contribution in [3.63, 3.8) is 0 Å². The lowest BCUT2D eigenvalue weighted by Crippen LogP contribution is -2.34. The predicted octanol–water partition coefficient (Wildman–Crippen LogP) is 1.29. The molecule has 19 heavy (non-hydrogen) atoms. The van der Waals surface area contributed by atoms with E-state index < -0.39 is 5.91 Å². The number of amides is 1. The van der Waals surface area contributed by atoms with Crippen molar-refractivity contribution < 1.29 is 9.32 Å². The highest BCUT2D eigenvalue weighted by atomic mass is 16.5. The van der Waals surface area contributed by atoms with Gasteiger partial charge in [-0.15, -0.1) is 0 Å². The second-order valence-corrected chi connectivity index (χ2v) is 5.48. The average Bonchev–Trinajstić information content (AvgIpc) is 2.87. The summed E-state index contributed by atoms with van der Waals surface area (Å²) in [5.74, 6) is 6.16. The van der Waals surface area contributed by atoms with Gasteiger partial charge in [-0.1, -0.05) is 12.1 Å². The molecular weight excluding hydrogens is 244 g/mol. The second kappa shape index (κ2) is 6.16. The van der Waals surface area contributed by atoms with Gasteiger partial charge in [-0.05, 0) is 38.6 Å². The van der Waals surface area contributed by atoms with E-state index in [1.54, 1.807) is 6.07 Å². The minimum absolute atomic E-state index is 0.225. The molecular formula is C13H22N4O2. The van der Waals surface area contributed by atoms with Crippen LogP contribution in [0.2, 0.25) is 0 Å². The van der Waals surface area contributed by atoms with E-state index >= 15 is 0 Å². The molecule has 1 fully saturated rings. The number of hydrogen-bond acceptors (Lipinski definition) is 5. The van der Waals surface area contributed by atoms with Crippen molar-refractivity contribution in [3.8, 4) is 0 Å². The van der Waals surface area contributed by atoms with Gasteiger partial charge in [0.25, 0.3) is 5.91 Å². The molecule has 1 aliphatic carbocycles. The zero-order chi connectivity index (χ0) is 13.8. The van der Waals surface area contributed by atoms with Crippen LogP contribution < -0.4 is 11.3 Å². The third-order valence-corrected chi connectivity index (χ3v) is 3.94. The normalized spacial score (nSPS) is 23.6. The number of carbonyl (C=O) groups excluding carboxylic acids is 1. The van der Waals surface area contributed by atoms with E-state index in [9.17, 15) is 4.79 Å². The quantitative estimate of drug-likeness (QED) is 0.487. The van der Waals surface area contributed by atoms with Crippen molar-refractivity contribution in [1.29, 1.82) is 0 Å². The van der Waals surface area contributed by atoms with E-state index in [2.05, 4.69) is 24.0 Å². The topological polar surface area (TPSA) is 84.4 Å². The number of hydrazine groups is 1. The summed E-state index contributed by atoms with van der Waals surface area (Å²) in [6.45, 7) is 2.98. The Labute approximate surface area is 113 Å². The van der Waals surface area contributed by atoms with Crippen LogP contribution in [0.5, 0.6) is 0 Å². The summed E-state index contributed by atoms with van der Waals surface area (Å²) in [4.78, 5) is 13.6. The van der Waals surface area contributed by atoms with Crippen LogP contribution >= 0.6 is 0 Å². The molecule has 6 heteroatoms. The summed E-state index contributed by atoms with van der Waals surface area (Å²) in [7, 11) is 2.09. The van der Waals surface area contributed by atoms with Crippen LogP contribution in [0.25, 0.3) is 0 Å². The lowest BCUT2D eigenvalue weighted by atomic mass is 9.87. The zero-order valence-electron chi connectivity index (χ0n) is 11.6. The molecule has 0 spiro atoms. The van der Waals surface area contributed by atoms with Crippen molar-refractivity contribution in [2.45, 2.75) is 45.2 Å². The molecule has 1 heterocycles.